The Hall–Kier alpha value is -3.33. The summed E-state index contributed by atoms with van der Waals surface area (Å²) in [4.78, 5) is 13.1. The van der Waals surface area contributed by atoms with Gasteiger partial charge in [0.15, 0.2) is 0 Å². The fourth-order valence-corrected chi connectivity index (χ4v) is 2.43. The van der Waals surface area contributed by atoms with Crippen LogP contribution in [0.5, 0.6) is 0 Å². The first kappa shape index (κ1) is 16.5. The minimum atomic E-state index is -0.271. The van der Waals surface area contributed by atoms with Crippen LogP contribution in [0.4, 0.5) is 10.2 Å². The number of halogens is 1. The van der Waals surface area contributed by atoms with E-state index in [0.717, 1.165) is 22.4 Å². The van der Waals surface area contributed by atoms with E-state index in [1.54, 1.807) is 24.5 Å². The fourth-order valence-electron chi connectivity index (χ4n) is 2.43. The average molecular weight is 333 g/mol. The zero-order valence-corrected chi connectivity index (χ0v) is 13.7. The average Bonchev–Trinajstić information content (AvgIpc) is 2.62. The van der Waals surface area contributed by atoms with Crippen molar-refractivity contribution in [3.8, 4) is 28.5 Å². The van der Waals surface area contributed by atoms with Gasteiger partial charge in [0.1, 0.15) is 17.5 Å². The first-order chi connectivity index (χ1) is 12.2. The summed E-state index contributed by atoms with van der Waals surface area (Å²) in [6, 6.07) is 12.2. The maximum absolute atomic E-state index is 13.1. The van der Waals surface area contributed by atoms with Crippen LogP contribution in [0.2, 0.25) is 0 Å². The van der Waals surface area contributed by atoms with Crippen molar-refractivity contribution in [3.63, 3.8) is 0 Å². The topological polar surface area (TPSA) is 74.5 Å². The quantitative estimate of drug-likeness (QED) is 0.715. The first-order valence-electron chi connectivity index (χ1n) is 7.83. The van der Waals surface area contributed by atoms with Crippen molar-refractivity contribution in [3.05, 3.63) is 60.4 Å². The molecule has 3 aromatic rings. The molecule has 0 aliphatic carbocycles. The second-order valence-corrected chi connectivity index (χ2v) is 5.49. The molecule has 0 aliphatic heterocycles. The van der Waals surface area contributed by atoms with E-state index < -0.39 is 0 Å². The summed E-state index contributed by atoms with van der Waals surface area (Å²) in [5.74, 6) is 1.03. The molecule has 25 heavy (non-hydrogen) atoms. The lowest BCUT2D eigenvalue weighted by Gasteiger charge is -2.09. The predicted molar refractivity (Wildman–Crippen MR) is 94.1 cm³/mol. The second-order valence-electron chi connectivity index (χ2n) is 5.49. The number of hydrogen-bond acceptors (Lipinski definition) is 5. The van der Waals surface area contributed by atoms with Gasteiger partial charge in [-0.3, -0.25) is 4.98 Å². The smallest absolute Gasteiger partial charge is 0.130 e. The molecule has 1 N–H and O–H groups in total. The SMILES string of the molecule is Cc1nc(NCCC#N)cc(-c2cncc(-c3ccc(F)cc3)c2)n1. The van der Waals surface area contributed by atoms with E-state index >= 15 is 0 Å². The van der Waals surface area contributed by atoms with Gasteiger partial charge < -0.3 is 5.32 Å². The molecule has 124 valence electrons. The van der Waals surface area contributed by atoms with Crippen molar-refractivity contribution in [2.24, 2.45) is 0 Å². The van der Waals surface area contributed by atoms with Crippen LogP contribution in [0.1, 0.15) is 12.2 Å². The number of nitriles is 1. The van der Waals surface area contributed by atoms with Crippen LogP contribution < -0.4 is 5.32 Å². The lowest BCUT2D eigenvalue weighted by molar-refractivity contribution is 0.628. The van der Waals surface area contributed by atoms with Gasteiger partial charge in [0.2, 0.25) is 0 Å². The van der Waals surface area contributed by atoms with E-state index in [1.165, 1.54) is 12.1 Å². The zero-order valence-electron chi connectivity index (χ0n) is 13.7. The molecule has 0 aliphatic rings. The highest BCUT2D eigenvalue weighted by Crippen LogP contribution is 2.25. The van der Waals surface area contributed by atoms with Crippen LogP contribution in [0.15, 0.2) is 48.8 Å². The third kappa shape index (κ3) is 4.15. The molecule has 3 rings (SSSR count). The lowest BCUT2D eigenvalue weighted by atomic mass is 10.0. The molecule has 0 amide bonds. The van der Waals surface area contributed by atoms with Crippen LogP contribution in [0, 0.1) is 24.1 Å². The van der Waals surface area contributed by atoms with Gasteiger partial charge in [0, 0.05) is 36.1 Å². The Morgan fingerprint density at radius 3 is 2.56 bits per heavy atom. The molecule has 6 heteroatoms. The van der Waals surface area contributed by atoms with Crippen LogP contribution in [0.25, 0.3) is 22.4 Å². The summed E-state index contributed by atoms with van der Waals surface area (Å²) in [7, 11) is 0. The molecule has 0 fully saturated rings. The van der Waals surface area contributed by atoms with Gasteiger partial charge in [-0.25, -0.2) is 14.4 Å². The molecule has 2 aromatic heterocycles. The van der Waals surface area contributed by atoms with Gasteiger partial charge in [-0.1, -0.05) is 12.1 Å². The summed E-state index contributed by atoms with van der Waals surface area (Å²) in [6.45, 7) is 2.34. The number of anilines is 1. The Labute approximate surface area is 145 Å². The van der Waals surface area contributed by atoms with Gasteiger partial charge in [0.05, 0.1) is 18.2 Å². The number of pyridine rings is 1. The van der Waals surface area contributed by atoms with E-state index in [-0.39, 0.29) is 5.82 Å². The normalized spacial score (nSPS) is 10.3. The molecular formula is C19H16FN5. The highest BCUT2D eigenvalue weighted by atomic mass is 19.1. The van der Waals surface area contributed by atoms with E-state index in [2.05, 4.69) is 26.3 Å². The van der Waals surface area contributed by atoms with Crippen LogP contribution in [0.3, 0.4) is 0 Å². The number of hydrogen-bond donors (Lipinski definition) is 1. The molecule has 0 saturated heterocycles. The monoisotopic (exact) mass is 333 g/mol. The van der Waals surface area contributed by atoms with E-state index in [1.807, 2.05) is 19.1 Å². The third-order valence-corrected chi connectivity index (χ3v) is 3.59. The van der Waals surface area contributed by atoms with Crippen molar-refractivity contribution in [1.29, 1.82) is 5.26 Å². The van der Waals surface area contributed by atoms with Gasteiger partial charge >= 0.3 is 0 Å². The first-order valence-corrected chi connectivity index (χ1v) is 7.83. The minimum absolute atomic E-state index is 0.271. The van der Waals surface area contributed by atoms with Crippen molar-refractivity contribution < 1.29 is 4.39 Å². The molecule has 0 bridgehead atoms. The molecule has 2 heterocycles. The number of rotatable bonds is 5. The maximum atomic E-state index is 13.1. The van der Waals surface area contributed by atoms with Crippen LogP contribution >= 0.6 is 0 Å². The summed E-state index contributed by atoms with van der Waals surface area (Å²) in [5, 5.41) is 11.7. The predicted octanol–water partition coefficient (Wildman–Crippen LogP) is 3.98. The second kappa shape index (κ2) is 7.49. The summed E-state index contributed by atoms with van der Waals surface area (Å²) >= 11 is 0. The Morgan fingerprint density at radius 2 is 1.80 bits per heavy atom. The zero-order chi connectivity index (χ0) is 17.6. The molecule has 5 nitrogen and oxygen atoms in total. The molecule has 0 spiro atoms. The highest BCUT2D eigenvalue weighted by Gasteiger charge is 2.07. The standard InChI is InChI=1S/C19H16FN5/c1-13-24-18(10-19(25-13)23-8-2-7-21)16-9-15(11-22-12-16)14-3-5-17(20)6-4-14/h3-6,9-12H,2,8H2,1H3,(H,23,24,25). The molecule has 1 aromatic carbocycles. The summed E-state index contributed by atoms with van der Waals surface area (Å²) in [5.41, 5.74) is 3.35. The van der Waals surface area contributed by atoms with Gasteiger partial charge in [-0.05, 0) is 30.7 Å². The third-order valence-electron chi connectivity index (χ3n) is 3.59. The van der Waals surface area contributed by atoms with Crippen molar-refractivity contribution in [2.45, 2.75) is 13.3 Å². The number of aromatic nitrogens is 3. The number of benzene rings is 1. The number of aryl methyl sites for hydroxylation is 1. The van der Waals surface area contributed by atoms with Crippen molar-refractivity contribution in [2.75, 3.05) is 11.9 Å². The molecular weight excluding hydrogens is 317 g/mol. The Kier molecular flexibility index (Phi) is 4.95. The number of nitrogens with zero attached hydrogens (tertiary/aromatic N) is 4. The fraction of sp³-hybridized carbons (Fsp3) is 0.158. The summed E-state index contributed by atoms with van der Waals surface area (Å²) < 4.78 is 13.1. The van der Waals surface area contributed by atoms with Crippen LogP contribution in [-0.2, 0) is 0 Å². The summed E-state index contributed by atoms with van der Waals surface area (Å²) in [6.07, 6.45) is 3.87. The lowest BCUT2D eigenvalue weighted by Crippen LogP contribution is -2.04. The van der Waals surface area contributed by atoms with Crippen molar-refractivity contribution >= 4 is 5.82 Å². The molecule has 0 unspecified atom stereocenters. The van der Waals surface area contributed by atoms with Gasteiger partial charge in [-0.15, -0.1) is 0 Å². The minimum Gasteiger partial charge on any atom is -0.369 e. The van der Waals surface area contributed by atoms with Crippen molar-refractivity contribution in [1.82, 2.24) is 15.0 Å². The van der Waals surface area contributed by atoms with E-state index in [9.17, 15) is 4.39 Å². The van der Waals surface area contributed by atoms with Gasteiger partial charge in [0.25, 0.3) is 0 Å². The Bertz CT molecular complexity index is 916. The van der Waals surface area contributed by atoms with Gasteiger partial charge in [-0.2, -0.15) is 5.26 Å². The molecule has 0 radical (unpaired) electrons. The maximum Gasteiger partial charge on any atom is 0.130 e. The highest BCUT2D eigenvalue weighted by molar-refractivity contribution is 5.71. The molecule has 0 atom stereocenters. The largest absolute Gasteiger partial charge is 0.369 e. The van der Waals surface area contributed by atoms with E-state index in [4.69, 9.17) is 5.26 Å². The molecule has 0 saturated carbocycles. The number of nitrogens with one attached hydrogen (secondary N) is 1. The Morgan fingerprint density at radius 1 is 1.04 bits per heavy atom. The van der Waals surface area contributed by atoms with Crippen LogP contribution in [-0.4, -0.2) is 21.5 Å². The van der Waals surface area contributed by atoms with E-state index in [0.29, 0.717) is 24.6 Å². The Balaban J connectivity index is 1.92.